The highest BCUT2D eigenvalue weighted by Crippen LogP contribution is 2.41. The molecule has 0 unspecified atom stereocenters. The number of rotatable bonds is 4. The van der Waals surface area contributed by atoms with Gasteiger partial charge in [-0.1, -0.05) is 91.0 Å². The number of hydrogen-bond acceptors (Lipinski definition) is 2. The van der Waals surface area contributed by atoms with E-state index in [1.807, 2.05) is 12.1 Å². The lowest BCUT2D eigenvalue weighted by atomic mass is 9.98. The van der Waals surface area contributed by atoms with E-state index in [0.29, 0.717) is 0 Å². The first-order valence-electron chi connectivity index (χ1n) is 13.2. The Labute approximate surface area is 227 Å². The van der Waals surface area contributed by atoms with E-state index in [2.05, 4.69) is 134 Å². The van der Waals surface area contributed by atoms with Gasteiger partial charge < -0.3 is 4.42 Å². The van der Waals surface area contributed by atoms with Crippen molar-refractivity contribution in [3.05, 3.63) is 121 Å². The molecule has 3 aromatic heterocycles. The topological polar surface area (TPSA) is 34.8 Å². The van der Waals surface area contributed by atoms with Gasteiger partial charge in [0.05, 0.1) is 25.5 Å². The summed E-state index contributed by atoms with van der Waals surface area (Å²) in [5.74, 6) is 1.11. The number of pyridine rings is 1. The normalized spacial score (nSPS) is 11.5. The maximum atomic E-state index is 6.83. The fourth-order valence-electron chi connectivity index (χ4n) is 5.61. The SMILES string of the molecule is Cc1ccc2c(oc3c(-c4cc(-c5ccccc5)nc(-c5ccccc5)c4)cccc32)c1-c1n(C)cc[n+]1C. The lowest BCUT2D eigenvalue weighted by Gasteiger charge is -2.10. The van der Waals surface area contributed by atoms with Gasteiger partial charge in [0.15, 0.2) is 5.58 Å². The number of furan rings is 1. The Morgan fingerprint density at radius 1 is 0.692 bits per heavy atom. The van der Waals surface area contributed by atoms with Crippen LogP contribution in [0.15, 0.2) is 120 Å². The first-order chi connectivity index (χ1) is 19.1. The van der Waals surface area contributed by atoms with Crippen molar-refractivity contribution in [1.82, 2.24) is 9.55 Å². The van der Waals surface area contributed by atoms with Crippen molar-refractivity contribution in [1.29, 1.82) is 0 Å². The van der Waals surface area contributed by atoms with Crippen LogP contribution in [0.3, 0.4) is 0 Å². The summed E-state index contributed by atoms with van der Waals surface area (Å²) in [4.78, 5) is 5.06. The van der Waals surface area contributed by atoms with Gasteiger partial charge in [-0.05, 0) is 30.2 Å². The molecule has 0 radical (unpaired) electrons. The van der Waals surface area contributed by atoms with Crippen LogP contribution in [0.5, 0.6) is 0 Å². The third kappa shape index (κ3) is 3.84. The summed E-state index contributed by atoms with van der Waals surface area (Å²) in [6, 6.07) is 35.9. The summed E-state index contributed by atoms with van der Waals surface area (Å²) in [6.45, 7) is 2.15. The molecule has 7 aromatic rings. The van der Waals surface area contributed by atoms with Crippen LogP contribution in [-0.2, 0) is 14.1 Å². The molecule has 3 heterocycles. The molecule has 0 amide bonds. The van der Waals surface area contributed by atoms with Crippen molar-refractivity contribution < 1.29 is 8.98 Å². The van der Waals surface area contributed by atoms with E-state index >= 15 is 0 Å². The van der Waals surface area contributed by atoms with E-state index in [1.165, 1.54) is 5.56 Å². The van der Waals surface area contributed by atoms with Crippen LogP contribution in [0, 0.1) is 6.92 Å². The molecule has 0 spiro atoms. The van der Waals surface area contributed by atoms with E-state index in [9.17, 15) is 0 Å². The zero-order valence-electron chi connectivity index (χ0n) is 22.2. The number of benzene rings is 4. The largest absolute Gasteiger partial charge is 0.454 e. The Bertz CT molecular complexity index is 1900. The maximum absolute atomic E-state index is 6.83. The average Bonchev–Trinajstić information content (AvgIpc) is 3.52. The van der Waals surface area contributed by atoms with Gasteiger partial charge in [0.25, 0.3) is 5.82 Å². The third-order valence-corrected chi connectivity index (χ3v) is 7.56. The van der Waals surface area contributed by atoms with Crippen molar-refractivity contribution in [2.24, 2.45) is 14.1 Å². The Balaban J connectivity index is 1.51. The van der Waals surface area contributed by atoms with Crippen LogP contribution < -0.4 is 4.57 Å². The highest BCUT2D eigenvalue weighted by molar-refractivity contribution is 6.13. The summed E-state index contributed by atoms with van der Waals surface area (Å²) in [5, 5.41) is 2.23. The number of aryl methyl sites for hydroxylation is 3. The zero-order chi connectivity index (χ0) is 26.5. The monoisotopic (exact) mass is 506 g/mol. The van der Waals surface area contributed by atoms with E-state index in [4.69, 9.17) is 9.40 Å². The second-order valence-corrected chi connectivity index (χ2v) is 10.1. The van der Waals surface area contributed by atoms with Gasteiger partial charge in [-0.25, -0.2) is 14.1 Å². The van der Waals surface area contributed by atoms with Crippen molar-refractivity contribution in [3.8, 4) is 45.0 Å². The molecule has 0 aliphatic heterocycles. The minimum absolute atomic E-state index is 0.889. The molecule has 7 rings (SSSR count). The predicted octanol–water partition coefficient (Wildman–Crippen LogP) is 8.12. The number of para-hydroxylation sites is 1. The van der Waals surface area contributed by atoms with Gasteiger partial charge in [-0.15, -0.1) is 0 Å². The lowest BCUT2D eigenvalue weighted by molar-refractivity contribution is -0.659. The molecule has 0 atom stereocenters. The molecular formula is C35H28N3O+. The Morgan fingerprint density at radius 2 is 1.33 bits per heavy atom. The zero-order valence-corrected chi connectivity index (χ0v) is 22.2. The molecule has 0 fully saturated rings. The minimum Gasteiger partial charge on any atom is -0.454 e. The van der Waals surface area contributed by atoms with Crippen LogP contribution >= 0.6 is 0 Å². The molecule has 0 aliphatic carbocycles. The Morgan fingerprint density at radius 3 is 1.95 bits per heavy atom. The van der Waals surface area contributed by atoms with E-state index < -0.39 is 0 Å². The van der Waals surface area contributed by atoms with Gasteiger partial charge in [0.2, 0.25) is 0 Å². The van der Waals surface area contributed by atoms with Gasteiger partial charge in [0.1, 0.15) is 23.5 Å². The predicted molar refractivity (Wildman–Crippen MR) is 158 cm³/mol. The quantitative estimate of drug-likeness (QED) is 0.226. The fourth-order valence-corrected chi connectivity index (χ4v) is 5.61. The number of hydrogen-bond donors (Lipinski definition) is 0. The van der Waals surface area contributed by atoms with Crippen molar-refractivity contribution >= 4 is 21.9 Å². The summed E-state index contributed by atoms with van der Waals surface area (Å²) in [7, 11) is 4.16. The molecule has 0 bridgehead atoms. The molecule has 4 heteroatoms. The maximum Gasteiger partial charge on any atom is 0.292 e. The summed E-state index contributed by atoms with van der Waals surface area (Å²) in [6.07, 6.45) is 4.16. The molecule has 0 saturated heterocycles. The number of aromatic nitrogens is 3. The highest BCUT2D eigenvalue weighted by Gasteiger charge is 2.24. The summed E-state index contributed by atoms with van der Waals surface area (Å²) < 4.78 is 11.1. The van der Waals surface area contributed by atoms with Gasteiger partial charge in [-0.2, -0.15) is 0 Å². The first kappa shape index (κ1) is 23.2. The molecule has 188 valence electrons. The Kier molecular flexibility index (Phi) is 5.41. The summed E-state index contributed by atoms with van der Waals surface area (Å²) >= 11 is 0. The second kappa shape index (κ2) is 9.10. The first-order valence-corrected chi connectivity index (χ1v) is 13.2. The van der Waals surface area contributed by atoms with Crippen LogP contribution in [-0.4, -0.2) is 9.55 Å². The van der Waals surface area contributed by atoms with Crippen LogP contribution in [0.2, 0.25) is 0 Å². The molecule has 4 nitrogen and oxygen atoms in total. The standard InChI is InChI=1S/C35H28N3O/c1-23-17-18-29-28-16-10-15-27(33(28)39-34(29)32(23)35-37(2)19-20-38(35)3)26-21-30(24-11-6-4-7-12-24)36-31(22-26)25-13-8-5-9-14-25/h4-22H,1-3H3/q+1. The van der Waals surface area contributed by atoms with Crippen molar-refractivity contribution in [3.63, 3.8) is 0 Å². The lowest BCUT2D eigenvalue weighted by Crippen LogP contribution is -2.29. The molecule has 0 aliphatic rings. The van der Waals surface area contributed by atoms with E-state index in [0.717, 1.165) is 67.0 Å². The molecular weight excluding hydrogens is 478 g/mol. The van der Waals surface area contributed by atoms with Crippen LogP contribution in [0.4, 0.5) is 0 Å². The fraction of sp³-hybridized carbons (Fsp3) is 0.0857. The van der Waals surface area contributed by atoms with Crippen LogP contribution in [0.25, 0.3) is 67.0 Å². The van der Waals surface area contributed by atoms with Crippen LogP contribution in [0.1, 0.15) is 5.56 Å². The highest BCUT2D eigenvalue weighted by atomic mass is 16.3. The van der Waals surface area contributed by atoms with Gasteiger partial charge in [-0.3, -0.25) is 0 Å². The smallest absolute Gasteiger partial charge is 0.292 e. The number of fused-ring (bicyclic) bond motifs is 3. The Hall–Kier alpha value is -4.96. The second-order valence-electron chi connectivity index (χ2n) is 10.1. The van der Waals surface area contributed by atoms with Gasteiger partial charge in [0, 0.05) is 27.5 Å². The molecule has 0 N–H and O–H groups in total. The van der Waals surface area contributed by atoms with E-state index in [1.54, 1.807) is 0 Å². The summed E-state index contributed by atoms with van der Waals surface area (Å²) in [5.41, 5.74) is 10.3. The van der Waals surface area contributed by atoms with Gasteiger partial charge >= 0.3 is 0 Å². The number of nitrogens with zero attached hydrogens (tertiary/aromatic N) is 3. The number of imidazole rings is 1. The van der Waals surface area contributed by atoms with E-state index in [-0.39, 0.29) is 0 Å². The average molecular weight is 507 g/mol. The minimum atomic E-state index is 0.889. The molecule has 4 aromatic carbocycles. The third-order valence-electron chi connectivity index (χ3n) is 7.56. The molecule has 0 saturated carbocycles. The van der Waals surface area contributed by atoms with Crippen molar-refractivity contribution in [2.45, 2.75) is 6.92 Å². The van der Waals surface area contributed by atoms with Crippen molar-refractivity contribution in [2.75, 3.05) is 0 Å². The molecule has 39 heavy (non-hydrogen) atoms.